The third-order valence-electron chi connectivity index (χ3n) is 3.04. The summed E-state index contributed by atoms with van der Waals surface area (Å²) in [4.78, 5) is 4.11. The lowest BCUT2D eigenvalue weighted by molar-refractivity contribution is 0.509. The van der Waals surface area contributed by atoms with Crippen molar-refractivity contribution in [3.63, 3.8) is 0 Å². The molecule has 0 atom stereocenters. The Morgan fingerprint density at radius 1 is 1.32 bits per heavy atom. The van der Waals surface area contributed by atoms with E-state index in [1.54, 1.807) is 25.1 Å². The number of hydrogen-bond donors (Lipinski definition) is 0. The predicted octanol–water partition coefficient (Wildman–Crippen LogP) is 2.69. The monoisotopic (exact) mass is 358 g/mol. The van der Waals surface area contributed by atoms with E-state index in [0.717, 1.165) is 8.28 Å². The molecule has 2 rings (SSSR count). The van der Waals surface area contributed by atoms with Gasteiger partial charge in [-0.25, -0.2) is 8.96 Å². The van der Waals surface area contributed by atoms with Gasteiger partial charge in [0.15, 0.2) is 0 Å². The largest absolute Gasteiger partial charge is 0.309 e. The highest BCUT2D eigenvalue weighted by atomic mass is 35.5. The maximum absolute atomic E-state index is 12.4. The molecule has 0 radical (unpaired) electrons. The number of rotatable bonds is 3. The first-order chi connectivity index (χ1) is 10.2. The second-order valence-electron chi connectivity index (χ2n) is 4.66. The van der Waals surface area contributed by atoms with E-state index in [4.69, 9.17) is 23.2 Å². The highest BCUT2D eigenvalue weighted by Crippen LogP contribution is 2.32. The van der Waals surface area contributed by atoms with Crippen LogP contribution >= 0.6 is 23.2 Å². The topological polar surface area (TPSA) is 79.0 Å². The van der Waals surface area contributed by atoms with Crippen molar-refractivity contribution in [1.29, 1.82) is 5.26 Å². The molecule has 9 heteroatoms. The molecular formula is C13H12Cl2N4O2S. The average molecular weight is 359 g/mol. The van der Waals surface area contributed by atoms with Crippen molar-refractivity contribution in [2.24, 2.45) is 0 Å². The fraction of sp³-hybridized carbons (Fsp3) is 0.231. The van der Waals surface area contributed by atoms with E-state index in [0.29, 0.717) is 27.0 Å². The summed E-state index contributed by atoms with van der Waals surface area (Å²) in [5.41, 5.74) is 1.13. The van der Waals surface area contributed by atoms with Crippen molar-refractivity contribution in [3.8, 4) is 17.3 Å². The Labute approximate surface area is 138 Å². The number of imidazole rings is 1. The first kappa shape index (κ1) is 16.8. The third kappa shape index (κ3) is 2.71. The first-order valence-corrected chi connectivity index (χ1v) is 8.23. The molecule has 0 unspecified atom stereocenters. The molecule has 0 aliphatic rings. The van der Waals surface area contributed by atoms with Crippen molar-refractivity contribution >= 4 is 33.4 Å². The van der Waals surface area contributed by atoms with E-state index in [9.17, 15) is 13.7 Å². The SMILES string of the molecule is Cc1c(-c2ccc(Cl)cc2Cl)nc(C#N)n1S(=O)(=O)N(C)C. The van der Waals surface area contributed by atoms with Gasteiger partial charge in [0.25, 0.3) is 0 Å². The van der Waals surface area contributed by atoms with Crippen LogP contribution in [-0.4, -0.2) is 35.8 Å². The zero-order chi connectivity index (χ0) is 16.7. The molecule has 6 nitrogen and oxygen atoms in total. The molecule has 1 heterocycles. The molecule has 0 saturated carbocycles. The van der Waals surface area contributed by atoms with E-state index in [2.05, 4.69) is 4.98 Å². The summed E-state index contributed by atoms with van der Waals surface area (Å²) in [5.74, 6) is -0.229. The molecule has 0 spiro atoms. The van der Waals surface area contributed by atoms with Gasteiger partial charge in [0, 0.05) is 24.7 Å². The van der Waals surface area contributed by atoms with Crippen LogP contribution in [-0.2, 0) is 10.2 Å². The summed E-state index contributed by atoms with van der Waals surface area (Å²) in [6.07, 6.45) is 0. The molecule has 22 heavy (non-hydrogen) atoms. The van der Waals surface area contributed by atoms with Crippen molar-refractivity contribution in [2.45, 2.75) is 6.92 Å². The predicted molar refractivity (Wildman–Crippen MR) is 85.1 cm³/mol. The summed E-state index contributed by atoms with van der Waals surface area (Å²) < 4.78 is 26.6. The van der Waals surface area contributed by atoms with Gasteiger partial charge in [-0.15, -0.1) is 0 Å². The van der Waals surface area contributed by atoms with Gasteiger partial charge in [-0.1, -0.05) is 23.2 Å². The average Bonchev–Trinajstić information content (AvgIpc) is 2.76. The molecule has 0 amide bonds. The van der Waals surface area contributed by atoms with Gasteiger partial charge in [0.1, 0.15) is 6.07 Å². The number of halogens is 2. The van der Waals surface area contributed by atoms with Crippen LogP contribution in [0.1, 0.15) is 11.5 Å². The van der Waals surface area contributed by atoms with Gasteiger partial charge < -0.3 is 0 Å². The number of hydrogen-bond acceptors (Lipinski definition) is 4. The Morgan fingerprint density at radius 2 is 1.95 bits per heavy atom. The third-order valence-corrected chi connectivity index (χ3v) is 5.41. The van der Waals surface area contributed by atoms with Crippen LogP contribution in [0.2, 0.25) is 10.0 Å². The number of aromatic nitrogens is 2. The van der Waals surface area contributed by atoms with Crippen molar-refractivity contribution in [3.05, 3.63) is 39.8 Å². The molecular weight excluding hydrogens is 347 g/mol. The summed E-state index contributed by atoms with van der Waals surface area (Å²) in [7, 11) is -1.10. The minimum Gasteiger partial charge on any atom is -0.218 e. The van der Waals surface area contributed by atoms with Crippen LogP contribution in [0.25, 0.3) is 11.3 Å². The van der Waals surface area contributed by atoms with Crippen LogP contribution in [0.15, 0.2) is 18.2 Å². The zero-order valence-corrected chi connectivity index (χ0v) is 14.3. The number of nitriles is 1. The molecule has 116 valence electrons. The maximum atomic E-state index is 12.4. The fourth-order valence-electron chi connectivity index (χ4n) is 1.94. The Morgan fingerprint density at radius 3 is 2.45 bits per heavy atom. The van der Waals surface area contributed by atoms with Crippen molar-refractivity contribution in [1.82, 2.24) is 13.3 Å². The molecule has 1 aromatic carbocycles. The minimum atomic E-state index is -3.86. The Hall–Kier alpha value is -1.59. The minimum absolute atomic E-state index is 0.229. The van der Waals surface area contributed by atoms with Gasteiger partial charge in [-0.2, -0.15) is 18.0 Å². The summed E-state index contributed by atoms with van der Waals surface area (Å²) >= 11 is 12.0. The molecule has 1 aromatic heterocycles. The van der Waals surface area contributed by atoms with E-state index in [-0.39, 0.29) is 5.82 Å². The van der Waals surface area contributed by atoms with Crippen LogP contribution in [0.3, 0.4) is 0 Å². The van der Waals surface area contributed by atoms with E-state index < -0.39 is 10.2 Å². The van der Waals surface area contributed by atoms with Crippen molar-refractivity contribution in [2.75, 3.05) is 14.1 Å². The molecule has 2 aromatic rings. The van der Waals surface area contributed by atoms with Crippen molar-refractivity contribution < 1.29 is 8.42 Å². The standard InChI is InChI=1S/C13H12Cl2N4O2S/c1-8-13(10-5-4-9(14)6-11(10)15)17-12(7-16)19(8)22(20,21)18(2)3/h4-6H,1-3H3. The van der Waals surface area contributed by atoms with Gasteiger partial charge in [0.2, 0.25) is 5.82 Å². The number of nitrogens with zero attached hydrogens (tertiary/aromatic N) is 4. The van der Waals surface area contributed by atoms with Crippen LogP contribution < -0.4 is 0 Å². The van der Waals surface area contributed by atoms with Gasteiger partial charge in [0.05, 0.1) is 16.4 Å². The smallest absolute Gasteiger partial charge is 0.218 e. The summed E-state index contributed by atoms with van der Waals surface area (Å²) in [5, 5.41) is 9.97. The second-order valence-corrected chi connectivity index (χ2v) is 7.49. The van der Waals surface area contributed by atoms with Crippen LogP contribution in [0.5, 0.6) is 0 Å². The second kappa shape index (κ2) is 5.89. The Bertz CT molecular complexity index is 882. The van der Waals surface area contributed by atoms with E-state index in [1.807, 2.05) is 0 Å². The van der Waals surface area contributed by atoms with E-state index in [1.165, 1.54) is 20.2 Å². The molecule has 0 fully saturated rings. The van der Waals surface area contributed by atoms with Gasteiger partial charge in [-0.05, 0) is 25.1 Å². The maximum Gasteiger partial charge on any atom is 0.309 e. The molecule has 0 aliphatic heterocycles. The number of benzene rings is 1. The molecule has 0 aliphatic carbocycles. The summed E-state index contributed by atoms with van der Waals surface area (Å²) in [6, 6.07) is 6.58. The van der Waals surface area contributed by atoms with Crippen LogP contribution in [0, 0.1) is 18.3 Å². The molecule has 0 saturated heterocycles. The van der Waals surface area contributed by atoms with Gasteiger partial charge >= 0.3 is 10.2 Å². The lowest BCUT2D eigenvalue weighted by Crippen LogP contribution is -2.30. The van der Waals surface area contributed by atoms with E-state index >= 15 is 0 Å². The van der Waals surface area contributed by atoms with Crippen LogP contribution in [0.4, 0.5) is 0 Å². The highest BCUT2D eigenvalue weighted by molar-refractivity contribution is 7.87. The Balaban J connectivity index is 2.78. The summed E-state index contributed by atoms with van der Waals surface area (Å²) in [6.45, 7) is 1.56. The lowest BCUT2D eigenvalue weighted by atomic mass is 10.1. The quantitative estimate of drug-likeness (QED) is 0.844. The molecule has 0 N–H and O–H groups in total. The molecule has 0 bridgehead atoms. The van der Waals surface area contributed by atoms with Gasteiger partial charge in [-0.3, -0.25) is 0 Å². The first-order valence-electron chi connectivity index (χ1n) is 6.08. The normalized spacial score (nSPS) is 11.7. The highest BCUT2D eigenvalue weighted by Gasteiger charge is 2.27. The fourth-order valence-corrected chi connectivity index (χ4v) is 3.50. The lowest BCUT2D eigenvalue weighted by Gasteiger charge is -2.14. The zero-order valence-electron chi connectivity index (χ0n) is 12.0. The Kier molecular flexibility index (Phi) is 4.49.